The summed E-state index contributed by atoms with van der Waals surface area (Å²) in [5.41, 5.74) is 2.90. The van der Waals surface area contributed by atoms with E-state index in [0.717, 1.165) is 23.4 Å². The maximum atomic E-state index is 12.9. The van der Waals surface area contributed by atoms with E-state index in [-0.39, 0.29) is 5.82 Å². The fraction of sp³-hybridized carbons (Fsp3) is 0.316. The lowest BCUT2D eigenvalue weighted by molar-refractivity contribution is 0.252. The Kier molecular flexibility index (Phi) is 4.96. The highest BCUT2D eigenvalue weighted by atomic mass is 19.1. The summed E-state index contributed by atoms with van der Waals surface area (Å²) >= 11 is 0. The lowest BCUT2D eigenvalue weighted by atomic mass is 10.1. The van der Waals surface area contributed by atoms with Gasteiger partial charge in [0, 0.05) is 18.3 Å². The Labute approximate surface area is 131 Å². The van der Waals surface area contributed by atoms with E-state index >= 15 is 0 Å². The number of hydrogen-bond acceptors (Lipinski definition) is 2. The molecule has 0 saturated carbocycles. The molecule has 1 fully saturated rings. The lowest BCUT2D eigenvalue weighted by Crippen LogP contribution is -2.29. The fourth-order valence-electron chi connectivity index (χ4n) is 2.78. The van der Waals surface area contributed by atoms with Crippen molar-refractivity contribution < 1.29 is 4.39 Å². The Morgan fingerprint density at radius 2 is 1.77 bits per heavy atom. The van der Waals surface area contributed by atoms with Crippen LogP contribution in [0.1, 0.15) is 24.8 Å². The molecule has 1 aliphatic rings. The SMILES string of the molecule is Fc1ccc(-c2ccc(C=CCN3CCCCC3)cn2)cc1. The molecule has 0 spiro atoms. The average molecular weight is 296 g/mol. The molecule has 0 N–H and O–H groups in total. The molecule has 22 heavy (non-hydrogen) atoms. The van der Waals surface area contributed by atoms with Crippen LogP contribution in [0, 0.1) is 5.82 Å². The third kappa shape index (κ3) is 4.01. The zero-order chi connectivity index (χ0) is 15.2. The Morgan fingerprint density at radius 3 is 2.45 bits per heavy atom. The number of likely N-dealkylation sites (tertiary alicyclic amines) is 1. The molecular weight excluding hydrogens is 275 g/mol. The van der Waals surface area contributed by atoms with Gasteiger partial charge in [-0.15, -0.1) is 0 Å². The van der Waals surface area contributed by atoms with E-state index in [0.29, 0.717) is 0 Å². The smallest absolute Gasteiger partial charge is 0.123 e. The molecule has 0 radical (unpaired) electrons. The fourth-order valence-corrected chi connectivity index (χ4v) is 2.78. The second-order valence-electron chi connectivity index (χ2n) is 5.75. The summed E-state index contributed by atoms with van der Waals surface area (Å²) in [6, 6.07) is 10.5. The molecule has 1 saturated heterocycles. The maximum absolute atomic E-state index is 12.9. The third-order valence-corrected chi connectivity index (χ3v) is 4.05. The Hall–Kier alpha value is -2.00. The topological polar surface area (TPSA) is 16.1 Å². The average Bonchev–Trinajstić information content (AvgIpc) is 2.57. The summed E-state index contributed by atoms with van der Waals surface area (Å²) < 4.78 is 12.9. The number of nitrogens with zero attached hydrogens (tertiary/aromatic N) is 2. The minimum absolute atomic E-state index is 0.221. The second kappa shape index (κ2) is 7.32. The maximum Gasteiger partial charge on any atom is 0.123 e. The molecular formula is C19H21FN2. The lowest BCUT2D eigenvalue weighted by Gasteiger charge is -2.24. The molecule has 0 bridgehead atoms. The molecule has 3 heteroatoms. The van der Waals surface area contributed by atoms with Gasteiger partial charge in [0.2, 0.25) is 0 Å². The highest BCUT2D eigenvalue weighted by Gasteiger charge is 2.07. The number of halogens is 1. The molecule has 1 aromatic carbocycles. The zero-order valence-electron chi connectivity index (χ0n) is 12.7. The van der Waals surface area contributed by atoms with Gasteiger partial charge in [-0.05, 0) is 61.8 Å². The number of pyridine rings is 1. The first-order valence-corrected chi connectivity index (χ1v) is 7.92. The van der Waals surface area contributed by atoms with Crippen molar-refractivity contribution in [3.05, 3.63) is 60.1 Å². The molecule has 0 unspecified atom stereocenters. The van der Waals surface area contributed by atoms with Crippen molar-refractivity contribution in [3.8, 4) is 11.3 Å². The minimum atomic E-state index is -0.221. The zero-order valence-corrected chi connectivity index (χ0v) is 12.7. The predicted octanol–water partition coefficient (Wildman–Crippen LogP) is 4.39. The van der Waals surface area contributed by atoms with Crippen molar-refractivity contribution in [2.75, 3.05) is 19.6 Å². The molecule has 1 aromatic heterocycles. The van der Waals surface area contributed by atoms with Crippen LogP contribution in [0.25, 0.3) is 17.3 Å². The van der Waals surface area contributed by atoms with Gasteiger partial charge < -0.3 is 0 Å². The van der Waals surface area contributed by atoms with Gasteiger partial charge in [-0.1, -0.05) is 24.6 Å². The van der Waals surface area contributed by atoms with Crippen molar-refractivity contribution in [2.45, 2.75) is 19.3 Å². The monoisotopic (exact) mass is 296 g/mol. The van der Waals surface area contributed by atoms with E-state index in [1.54, 1.807) is 12.1 Å². The van der Waals surface area contributed by atoms with E-state index < -0.39 is 0 Å². The van der Waals surface area contributed by atoms with Crippen LogP contribution in [-0.4, -0.2) is 29.5 Å². The van der Waals surface area contributed by atoms with Crippen LogP contribution in [-0.2, 0) is 0 Å². The molecule has 0 amide bonds. The van der Waals surface area contributed by atoms with Gasteiger partial charge >= 0.3 is 0 Å². The van der Waals surface area contributed by atoms with E-state index in [1.165, 1.54) is 44.5 Å². The predicted molar refractivity (Wildman–Crippen MR) is 89.0 cm³/mol. The third-order valence-electron chi connectivity index (χ3n) is 4.05. The van der Waals surface area contributed by atoms with Gasteiger partial charge in [-0.2, -0.15) is 0 Å². The van der Waals surface area contributed by atoms with E-state index in [4.69, 9.17) is 0 Å². The van der Waals surface area contributed by atoms with Gasteiger partial charge in [-0.25, -0.2) is 4.39 Å². The molecule has 0 aliphatic carbocycles. The highest BCUT2D eigenvalue weighted by molar-refractivity contribution is 5.60. The van der Waals surface area contributed by atoms with E-state index in [1.807, 2.05) is 12.3 Å². The first-order chi connectivity index (χ1) is 10.8. The van der Waals surface area contributed by atoms with E-state index in [2.05, 4.69) is 28.1 Å². The molecule has 0 atom stereocenters. The quantitative estimate of drug-likeness (QED) is 0.832. The van der Waals surface area contributed by atoms with Crippen LogP contribution >= 0.6 is 0 Å². The van der Waals surface area contributed by atoms with Crippen LogP contribution in [0.3, 0.4) is 0 Å². The van der Waals surface area contributed by atoms with Crippen molar-refractivity contribution in [1.82, 2.24) is 9.88 Å². The summed E-state index contributed by atoms with van der Waals surface area (Å²) in [5, 5.41) is 0. The molecule has 1 aliphatic heterocycles. The highest BCUT2D eigenvalue weighted by Crippen LogP contribution is 2.17. The van der Waals surface area contributed by atoms with Gasteiger partial charge in [0.25, 0.3) is 0 Å². The first kappa shape index (κ1) is 14.9. The number of benzene rings is 1. The number of piperidine rings is 1. The van der Waals surface area contributed by atoms with Gasteiger partial charge in [0.1, 0.15) is 5.82 Å². The summed E-state index contributed by atoms with van der Waals surface area (Å²) in [7, 11) is 0. The Balaban J connectivity index is 1.60. The van der Waals surface area contributed by atoms with Gasteiger partial charge in [0.15, 0.2) is 0 Å². The molecule has 2 aromatic rings. The number of rotatable bonds is 4. The van der Waals surface area contributed by atoms with Crippen molar-refractivity contribution >= 4 is 6.08 Å². The molecule has 3 rings (SSSR count). The minimum Gasteiger partial charge on any atom is -0.300 e. The van der Waals surface area contributed by atoms with Crippen LogP contribution in [0.2, 0.25) is 0 Å². The summed E-state index contributed by atoms with van der Waals surface area (Å²) in [5.74, 6) is -0.221. The normalized spacial score (nSPS) is 16.2. The van der Waals surface area contributed by atoms with Crippen molar-refractivity contribution in [1.29, 1.82) is 0 Å². The van der Waals surface area contributed by atoms with Gasteiger partial charge in [-0.3, -0.25) is 9.88 Å². The molecule has 2 heterocycles. The number of hydrogen-bond donors (Lipinski definition) is 0. The Bertz CT molecular complexity index is 611. The molecule has 114 valence electrons. The van der Waals surface area contributed by atoms with Crippen LogP contribution in [0.15, 0.2) is 48.7 Å². The van der Waals surface area contributed by atoms with Crippen LogP contribution in [0.4, 0.5) is 4.39 Å². The first-order valence-electron chi connectivity index (χ1n) is 7.92. The summed E-state index contributed by atoms with van der Waals surface area (Å²) in [6.45, 7) is 3.44. The second-order valence-corrected chi connectivity index (χ2v) is 5.75. The van der Waals surface area contributed by atoms with Crippen molar-refractivity contribution in [2.24, 2.45) is 0 Å². The molecule has 2 nitrogen and oxygen atoms in total. The van der Waals surface area contributed by atoms with Gasteiger partial charge in [0.05, 0.1) is 5.69 Å². The van der Waals surface area contributed by atoms with Crippen LogP contribution < -0.4 is 0 Å². The van der Waals surface area contributed by atoms with Crippen molar-refractivity contribution in [3.63, 3.8) is 0 Å². The number of aromatic nitrogens is 1. The van der Waals surface area contributed by atoms with E-state index in [9.17, 15) is 4.39 Å². The summed E-state index contributed by atoms with van der Waals surface area (Å²) in [6.07, 6.45) is 10.2. The van der Waals surface area contributed by atoms with Crippen LogP contribution in [0.5, 0.6) is 0 Å². The largest absolute Gasteiger partial charge is 0.300 e. The Morgan fingerprint density at radius 1 is 1.00 bits per heavy atom. The summed E-state index contributed by atoms with van der Waals surface area (Å²) in [4.78, 5) is 6.94. The standard InChI is InChI=1S/C19H21FN2/c20-18-9-7-17(8-10-18)19-11-6-16(15-21-19)5-4-14-22-12-2-1-3-13-22/h4-11,15H,1-3,12-14H2.